The average molecular weight is 220 g/mol. The zero-order chi connectivity index (χ0) is 8.97. The van der Waals surface area contributed by atoms with Crippen molar-refractivity contribution in [1.29, 1.82) is 0 Å². The zero-order valence-corrected chi connectivity index (χ0v) is 9.54. The molecule has 0 aromatic carbocycles. The Bertz CT molecular complexity index is 278. The van der Waals surface area contributed by atoms with Gasteiger partial charge < -0.3 is 9.97 Å². The molecule has 0 amide bonds. The van der Waals surface area contributed by atoms with Gasteiger partial charge in [-0.15, -0.1) is 0 Å². The first-order valence-corrected chi connectivity index (χ1v) is 6.45. The Morgan fingerprint density at radius 2 is 2.42 bits per heavy atom. The lowest BCUT2D eigenvalue weighted by atomic mass is 10.4. The molecule has 0 aliphatic rings. The van der Waals surface area contributed by atoms with Crippen LogP contribution in [0.3, 0.4) is 0 Å². The summed E-state index contributed by atoms with van der Waals surface area (Å²) < 4.78 is 0.697. The number of aromatic nitrogens is 2. The summed E-state index contributed by atoms with van der Waals surface area (Å²) in [6.45, 7) is 4.41. The molecule has 68 valence electrons. The normalized spacial score (nSPS) is 13.2. The molecule has 1 aromatic heterocycles. The van der Waals surface area contributed by atoms with Crippen molar-refractivity contribution in [3.05, 3.63) is 11.0 Å². The first kappa shape index (κ1) is 10.2. The maximum absolute atomic E-state index is 4.91. The van der Waals surface area contributed by atoms with E-state index in [0.717, 1.165) is 5.03 Å². The third-order valence-corrected chi connectivity index (χ3v) is 4.64. The Kier molecular flexibility index (Phi) is 4.25. The summed E-state index contributed by atoms with van der Waals surface area (Å²) in [5, 5.41) is 1.79. The predicted molar refractivity (Wildman–Crippen MR) is 59.2 cm³/mol. The maximum atomic E-state index is 4.91. The van der Waals surface area contributed by atoms with E-state index in [1.54, 1.807) is 10.8 Å². The van der Waals surface area contributed by atoms with Crippen molar-refractivity contribution in [2.24, 2.45) is 0 Å². The zero-order valence-electron chi connectivity index (χ0n) is 7.09. The molecule has 2 nitrogen and oxygen atoms in total. The van der Waals surface area contributed by atoms with E-state index < -0.39 is 0 Å². The summed E-state index contributed by atoms with van der Waals surface area (Å²) in [5.41, 5.74) is 0. The van der Waals surface area contributed by atoms with E-state index >= 15 is 0 Å². The Morgan fingerprint density at radius 1 is 1.67 bits per heavy atom. The van der Waals surface area contributed by atoms with Crippen molar-refractivity contribution in [2.45, 2.75) is 30.5 Å². The fourth-order valence-electron chi connectivity index (χ4n) is 0.562. The van der Waals surface area contributed by atoms with E-state index in [-0.39, 0.29) is 0 Å². The summed E-state index contributed by atoms with van der Waals surface area (Å²) in [7, 11) is 3.60. The molecule has 0 radical (unpaired) electrons. The van der Waals surface area contributed by atoms with E-state index in [9.17, 15) is 0 Å². The molecule has 0 saturated carbocycles. The smallest absolute Gasteiger partial charge is 0.175 e. The summed E-state index contributed by atoms with van der Waals surface area (Å²) in [4.78, 5) is 5.99. The summed E-state index contributed by atoms with van der Waals surface area (Å²) >= 11 is 4.91. The quantitative estimate of drug-likeness (QED) is 0.600. The second-order valence-electron chi connectivity index (χ2n) is 2.51. The van der Waals surface area contributed by atoms with Crippen LogP contribution in [0.15, 0.2) is 11.2 Å². The standard InChI is InChI=1S/C7H12N2S3/c1-3-5(2)11-12-6-4-8-7(10)9-6/h4-5H,3H2,1-2H3,(H2,8,9,10). The van der Waals surface area contributed by atoms with Crippen LogP contribution in [0.4, 0.5) is 0 Å². The van der Waals surface area contributed by atoms with Crippen LogP contribution in [0.25, 0.3) is 0 Å². The molecule has 1 unspecified atom stereocenters. The van der Waals surface area contributed by atoms with Gasteiger partial charge in [-0.2, -0.15) is 0 Å². The van der Waals surface area contributed by atoms with E-state index in [1.807, 2.05) is 17.0 Å². The first-order valence-electron chi connectivity index (χ1n) is 3.83. The van der Waals surface area contributed by atoms with Crippen molar-refractivity contribution in [2.75, 3.05) is 0 Å². The van der Waals surface area contributed by atoms with Crippen LogP contribution in [-0.2, 0) is 0 Å². The Hall–Kier alpha value is 0.130. The van der Waals surface area contributed by atoms with Crippen LogP contribution in [0.1, 0.15) is 20.3 Å². The van der Waals surface area contributed by atoms with E-state index in [2.05, 4.69) is 23.8 Å². The average Bonchev–Trinajstić information content (AvgIpc) is 2.47. The maximum Gasteiger partial charge on any atom is 0.175 e. The molecule has 0 bridgehead atoms. The van der Waals surface area contributed by atoms with Gasteiger partial charge in [-0.1, -0.05) is 24.6 Å². The molecule has 5 heteroatoms. The molecular weight excluding hydrogens is 208 g/mol. The van der Waals surface area contributed by atoms with Crippen LogP contribution in [0.2, 0.25) is 0 Å². The van der Waals surface area contributed by atoms with Crippen LogP contribution in [0, 0.1) is 4.77 Å². The van der Waals surface area contributed by atoms with Gasteiger partial charge in [-0.05, 0) is 29.4 Å². The van der Waals surface area contributed by atoms with Crippen molar-refractivity contribution < 1.29 is 0 Å². The van der Waals surface area contributed by atoms with Gasteiger partial charge in [0.1, 0.15) is 5.03 Å². The number of aromatic amines is 2. The molecule has 2 N–H and O–H groups in total. The van der Waals surface area contributed by atoms with Crippen molar-refractivity contribution in [3.8, 4) is 0 Å². The number of imidazole rings is 1. The molecule has 1 atom stereocenters. The molecule has 1 rings (SSSR count). The number of hydrogen-bond acceptors (Lipinski definition) is 3. The predicted octanol–water partition coefficient (Wildman–Crippen LogP) is 3.61. The highest BCUT2D eigenvalue weighted by Crippen LogP contribution is 2.33. The second-order valence-corrected chi connectivity index (χ2v) is 5.59. The SMILES string of the molecule is CCC(C)SSc1c[nH]c(=S)[nH]1. The highest BCUT2D eigenvalue weighted by molar-refractivity contribution is 8.76. The Balaban J connectivity index is 2.38. The van der Waals surface area contributed by atoms with Crippen LogP contribution >= 0.6 is 33.8 Å². The molecule has 0 fully saturated rings. The van der Waals surface area contributed by atoms with Gasteiger partial charge in [0, 0.05) is 11.4 Å². The lowest BCUT2D eigenvalue weighted by Crippen LogP contribution is -1.87. The summed E-state index contributed by atoms with van der Waals surface area (Å²) in [6, 6.07) is 0. The third-order valence-electron chi connectivity index (χ3n) is 1.45. The van der Waals surface area contributed by atoms with E-state index in [1.165, 1.54) is 6.42 Å². The van der Waals surface area contributed by atoms with Crippen molar-refractivity contribution in [3.63, 3.8) is 0 Å². The van der Waals surface area contributed by atoms with Gasteiger partial charge in [-0.25, -0.2) is 0 Å². The largest absolute Gasteiger partial charge is 0.336 e. The van der Waals surface area contributed by atoms with Crippen LogP contribution < -0.4 is 0 Å². The molecule has 12 heavy (non-hydrogen) atoms. The van der Waals surface area contributed by atoms with Gasteiger partial charge in [-0.3, -0.25) is 0 Å². The number of hydrogen-bond donors (Lipinski definition) is 2. The highest BCUT2D eigenvalue weighted by Gasteiger charge is 2.01. The highest BCUT2D eigenvalue weighted by atomic mass is 33.1. The van der Waals surface area contributed by atoms with Crippen molar-refractivity contribution in [1.82, 2.24) is 9.97 Å². The van der Waals surface area contributed by atoms with E-state index in [4.69, 9.17) is 12.2 Å². The first-order chi connectivity index (χ1) is 5.72. The topological polar surface area (TPSA) is 31.6 Å². The van der Waals surface area contributed by atoms with E-state index in [0.29, 0.717) is 10.0 Å². The fraction of sp³-hybridized carbons (Fsp3) is 0.571. The van der Waals surface area contributed by atoms with Gasteiger partial charge in [0.2, 0.25) is 0 Å². The lowest BCUT2D eigenvalue weighted by molar-refractivity contribution is 0.912. The molecule has 0 aliphatic heterocycles. The second kappa shape index (κ2) is 4.99. The number of rotatable bonds is 4. The van der Waals surface area contributed by atoms with Gasteiger partial charge in [0.05, 0.1) is 0 Å². The number of H-pyrrole nitrogens is 2. The van der Waals surface area contributed by atoms with Gasteiger partial charge in [0.25, 0.3) is 0 Å². The minimum atomic E-state index is 0.687. The lowest BCUT2D eigenvalue weighted by Gasteiger charge is -2.04. The monoisotopic (exact) mass is 220 g/mol. The van der Waals surface area contributed by atoms with Crippen molar-refractivity contribution >= 4 is 33.8 Å². The molecule has 0 saturated heterocycles. The Morgan fingerprint density at radius 3 is 2.92 bits per heavy atom. The molecule has 1 aromatic rings. The third kappa shape index (κ3) is 3.25. The fourth-order valence-corrected chi connectivity index (χ4v) is 2.93. The molecule has 1 heterocycles. The Labute approximate surface area is 85.3 Å². The summed E-state index contributed by atoms with van der Waals surface area (Å²) in [5.74, 6) is 0. The van der Waals surface area contributed by atoms with Gasteiger partial charge >= 0.3 is 0 Å². The van der Waals surface area contributed by atoms with Gasteiger partial charge in [0.15, 0.2) is 4.77 Å². The van der Waals surface area contributed by atoms with Crippen LogP contribution in [0.5, 0.6) is 0 Å². The molecule has 0 aliphatic carbocycles. The minimum Gasteiger partial charge on any atom is -0.336 e. The van der Waals surface area contributed by atoms with Crippen LogP contribution in [-0.4, -0.2) is 15.2 Å². The minimum absolute atomic E-state index is 0.687. The summed E-state index contributed by atoms with van der Waals surface area (Å²) in [6.07, 6.45) is 3.10. The number of nitrogens with one attached hydrogen (secondary N) is 2. The molecule has 0 spiro atoms. The molecular formula is C7H12N2S3.